The van der Waals surface area contributed by atoms with Crippen molar-refractivity contribution < 1.29 is 19.5 Å². The average molecular weight is 331 g/mol. The average Bonchev–Trinajstić information content (AvgIpc) is 2.80. The molecule has 0 aliphatic carbocycles. The second-order valence-electron chi connectivity index (χ2n) is 7.45. The van der Waals surface area contributed by atoms with Crippen LogP contribution < -0.4 is 0 Å². The van der Waals surface area contributed by atoms with Gasteiger partial charge in [-0.05, 0) is 44.7 Å². The maximum Gasteiger partial charge on any atom is 0.369 e. The van der Waals surface area contributed by atoms with Gasteiger partial charge in [-0.25, -0.2) is 4.79 Å². The number of nitrogens with zero attached hydrogens (tertiary/aromatic N) is 1. The molecule has 0 aromatic heterocycles. The van der Waals surface area contributed by atoms with E-state index in [-0.39, 0.29) is 6.04 Å². The monoisotopic (exact) mass is 331 g/mol. The van der Waals surface area contributed by atoms with E-state index in [4.69, 9.17) is 9.57 Å². The third-order valence-electron chi connectivity index (χ3n) is 4.54. The summed E-state index contributed by atoms with van der Waals surface area (Å²) >= 11 is 0. The summed E-state index contributed by atoms with van der Waals surface area (Å²) in [6.07, 6.45) is 2.98. The van der Waals surface area contributed by atoms with Crippen molar-refractivity contribution in [2.24, 2.45) is 5.92 Å². The van der Waals surface area contributed by atoms with E-state index in [0.717, 1.165) is 12.0 Å². The largest absolute Gasteiger partial charge is 0.456 e. The molecule has 1 N–H and O–H groups in total. The molecule has 130 valence electrons. The molecule has 2 aliphatic heterocycles. The molecule has 1 aromatic carbocycles. The van der Waals surface area contributed by atoms with Crippen LogP contribution in [0.25, 0.3) is 0 Å². The highest BCUT2D eigenvalue weighted by atomic mass is 16.8. The molecule has 24 heavy (non-hydrogen) atoms. The number of fused-ring (bicyclic) bond motifs is 3. The molecule has 0 saturated carbocycles. The molecule has 0 unspecified atom stereocenters. The van der Waals surface area contributed by atoms with Crippen LogP contribution in [-0.4, -0.2) is 34.1 Å². The molecular formula is C19H25NO4. The minimum absolute atomic E-state index is 0.189. The molecular weight excluding hydrogens is 306 g/mol. The van der Waals surface area contributed by atoms with Gasteiger partial charge in [-0.2, -0.15) is 5.06 Å². The van der Waals surface area contributed by atoms with Gasteiger partial charge < -0.3 is 9.84 Å². The molecule has 5 nitrogen and oxygen atoms in total. The van der Waals surface area contributed by atoms with Gasteiger partial charge in [0.1, 0.15) is 5.60 Å². The fourth-order valence-corrected chi connectivity index (χ4v) is 3.56. The van der Waals surface area contributed by atoms with Crippen LogP contribution in [0.15, 0.2) is 36.9 Å². The number of hydroxylamine groups is 2. The van der Waals surface area contributed by atoms with Gasteiger partial charge in [0, 0.05) is 6.54 Å². The minimum Gasteiger partial charge on any atom is -0.456 e. The van der Waals surface area contributed by atoms with E-state index in [1.807, 2.05) is 18.2 Å². The Morgan fingerprint density at radius 1 is 1.50 bits per heavy atom. The van der Waals surface area contributed by atoms with E-state index in [1.54, 1.807) is 31.9 Å². The standard InChI is InChI=1S/C19H25NO4/c1-5-8-15-16-14-10-7-6-9-13(14)11-12-20(16)24-19(15,22)17(21)23-18(2,3)4/h5-7,9-10,15-16,22H,1,8,11-12H2,2-4H3/t15-,16-,19-/m1/s1. The van der Waals surface area contributed by atoms with Crippen molar-refractivity contribution in [2.75, 3.05) is 6.54 Å². The lowest BCUT2D eigenvalue weighted by molar-refractivity contribution is -0.295. The number of esters is 1. The second kappa shape index (κ2) is 5.99. The van der Waals surface area contributed by atoms with E-state index >= 15 is 0 Å². The molecule has 0 bridgehead atoms. The van der Waals surface area contributed by atoms with Crippen molar-refractivity contribution in [3.8, 4) is 0 Å². The molecule has 3 rings (SSSR count). The SMILES string of the molecule is C=CC[C@@H]1[C@H]2c3ccccc3CCN2O[C@@]1(O)C(=O)OC(C)(C)C. The molecule has 1 aromatic rings. The van der Waals surface area contributed by atoms with Gasteiger partial charge in [-0.3, -0.25) is 4.84 Å². The van der Waals surface area contributed by atoms with Crippen molar-refractivity contribution in [3.63, 3.8) is 0 Å². The second-order valence-corrected chi connectivity index (χ2v) is 7.45. The third kappa shape index (κ3) is 2.88. The fourth-order valence-electron chi connectivity index (χ4n) is 3.56. The number of carbonyl (C=O) groups excluding carboxylic acids is 1. The number of aliphatic hydroxyl groups is 1. The molecule has 2 aliphatic rings. The van der Waals surface area contributed by atoms with Crippen molar-refractivity contribution in [1.82, 2.24) is 5.06 Å². The topological polar surface area (TPSA) is 59.0 Å². The predicted octanol–water partition coefficient (Wildman–Crippen LogP) is 2.75. The lowest BCUT2D eigenvalue weighted by Gasteiger charge is -2.32. The van der Waals surface area contributed by atoms with Gasteiger partial charge in [0.05, 0.1) is 12.0 Å². The Balaban J connectivity index is 1.99. The Morgan fingerprint density at radius 3 is 2.88 bits per heavy atom. The maximum absolute atomic E-state index is 12.7. The number of benzene rings is 1. The van der Waals surface area contributed by atoms with Crippen LogP contribution in [0.4, 0.5) is 0 Å². The molecule has 0 spiro atoms. The van der Waals surface area contributed by atoms with Gasteiger partial charge in [0.15, 0.2) is 0 Å². The summed E-state index contributed by atoms with van der Waals surface area (Å²) in [5.74, 6) is -3.20. The summed E-state index contributed by atoms with van der Waals surface area (Å²) in [5.41, 5.74) is 1.62. The first kappa shape index (κ1) is 17.1. The van der Waals surface area contributed by atoms with Crippen LogP contribution in [0.1, 0.15) is 44.4 Å². The Kier molecular flexibility index (Phi) is 4.28. The Bertz CT molecular complexity index is 651. The van der Waals surface area contributed by atoms with Crippen LogP contribution in [0.2, 0.25) is 0 Å². The first-order valence-corrected chi connectivity index (χ1v) is 8.36. The van der Waals surface area contributed by atoms with Crippen LogP contribution in [0, 0.1) is 5.92 Å². The van der Waals surface area contributed by atoms with Crippen LogP contribution in [0.3, 0.4) is 0 Å². The number of hydrogen-bond donors (Lipinski definition) is 1. The smallest absolute Gasteiger partial charge is 0.369 e. The van der Waals surface area contributed by atoms with Crippen molar-refractivity contribution in [1.29, 1.82) is 0 Å². The third-order valence-corrected chi connectivity index (χ3v) is 4.54. The Labute approximate surface area is 142 Å². The molecule has 2 heterocycles. The number of rotatable bonds is 3. The summed E-state index contributed by atoms with van der Waals surface area (Å²) in [6, 6.07) is 7.91. The normalized spacial score (nSPS) is 29.7. The van der Waals surface area contributed by atoms with E-state index in [9.17, 15) is 9.90 Å². The highest BCUT2D eigenvalue weighted by Gasteiger charge is 2.60. The van der Waals surface area contributed by atoms with Gasteiger partial charge >= 0.3 is 5.97 Å². The molecule has 0 radical (unpaired) electrons. The van der Waals surface area contributed by atoms with Crippen LogP contribution >= 0.6 is 0 Å². The number of ether oxygens (including phenoxy) is 1. The first-order chi connectivity index (χ1) is 11.3. The van der Waals surface area contributed by atoms with Gasteiger partial charge in [0.25, 0.3) is 5.79 Å². The van der Waals surface area contributed by atoms with Crippen LogP contribution in [0.5, 0.6) is 0 Å². The maximum atomic E-state index is 12.7. The molecule has 3 atom stereocenters. The molecule has 1 fully saturated rings. The summed E-state index contributed by atoms with van der Waals surface area (Å²) in [4.78, 5) is 18.4. The Morgan fingerprint density at radius 2 is 2.21 bits per heavy atom. The van der Waals surface area contributed by atoms with Gasteiger partial charge in [-0.1, -0.05) is 30.3 Å². The lowest BCUT2D eigenvalue weighted by atomic mass is 9.81. The van der Waals surface area contributed by atoms with E-state index in [2.05, 4.69) is 12.6 Å². The molecule has 1 saturated heterocycles. The van der Waals surface area contributed by atoms with Gasteiger partial charge in [-0.15, -0.1) is 6.58 Å². The molecule has 0 amide bonds. The minimum atomic E-state index is -2.00. The van der Waals surface area contributed by atoms with Gasteiger partial charge in [0.2, 0.25) is 0 Å². The van der Waals surface area contributed by atoms with E-state index in [1.165, 1.54) is 5.56 Å². The summed E-state index contributed by atoms with van der Waals surface area (Å²) in [7, 11) is 0. The number of hydrogen-bond acceptors (Lipinski definition) is 5. The Hall–Kier alpha value is -1.69. The predicted molar refractivity (Wildman–Crippen MR) is 89.8 cm³/mol. The van der Waals surface area contributed by atoms with Crippen molar-refractivity contribution >= 4 is 5.97 Å². The summed E-state index contributed by atoms with van der Waals surface area (Å²) in [6.45, 7) is 9.72. The number of allylic oxidation sites excluding steroid dienone is 1. The first-order valence-electron chi connectivity index (χ1n) is 8.36. The lowest BCUT2D eigenvalue weighted by Crippen LogP contribution is -2.48. The highest BCUT2D eigenvalue weighted by molar-refractivity contribution is 5.79. The summed E-state index contributed by atoms with van der Waals surface area (Å²) < 4.78 is 5.42. The van der Waals surface area contributed by atoms with Crippen molar-refractivity contribution in [2.45, 2.75) is 51.0 Å². The van der Waals surface area contributed by atoms with E-state index in [0.29, 0.717) is 13.0 Å². The quantitative estimate of drug-likeness (QED) is 0.682. The van der Waals surface area contributed by atoms with E-state index < -0.39 is 23.3 Å². The fraction of sp³-hybridized carbons (Fsp3) is 0.526. The highest BCUT2D eigenvalue weighted by Crippen LogP contribution is 2.49. The summed E-state index contributed by atoms with van der Waals surface area (Å²) in [5, 5.41) is 12.8. The zero-order valence-electron chi connectivity index (χ0n) is 14.5. The van der Waals surface area contributed by atoms with Crippen molar-refractivity contribution in [3.05, 3.63) is 48.0 Å². The number of carbonyl (C=O) groups is 1. The zero-order chi connectivity index (χ0) is 17.5. The van der Waals surface area contributed by atoms with Crippen LogP contribution in [-0.2, 0) is 20.8 Å². The zero-order valence-corrected chi connectivity index (χ0v) is 14.5. The molecule has 5 heteroatoms.